The van der Waals surface area contributed by atoms with Gasteiger partial charge in [0.25, 0.3) is 0 Å². The zero-order valence-corrected chi connectivity index (χ0v) is 22.3. The van der Waals surface area contributed by atoms with Gasteiger partial charge in [0.15, 0.2) is 5.96 Å². The van der Waals surface area contributed by atoms with Crippen LogP contribution in [-0.4, -0.2) is 64.0 Å². The summed E-state index contributed by atoms with van der Waals surface area (Å²) in [5.41, 5.74) is -0.499. The van der Waals surface area contributed by atoms with Crippen LogP contribution in [0.4, 0.5) is 4.79 Å². The SMILES string of the molecule is CN=C(NCCS(=O)(=O)NCC1CCC1)NC1CCC(NC(=O)OC(C)(C)C)CC1.I. The highest BCUT2D eigenvalue weighted by atomic mass is 127. The number of carbonyl (C=O) groups excluding carboxylic acids is 1. The number of guanidine groups is 1. The van der Waals surface area contributed by atoms with E-state index in [9.17, 15) is 13.2 Å². The third kappa shape index (κ3) is 11.6. The normalized spacial score (nSPS) is 22.6. The van der Waals surface area contributed by atoms with Crippen LogP contribution in [0, 0.1) is 5.92 Å². The minimum absolute atomic E-state index is 0. The lowest BCUT2D eigenvalue weighted by molar-refractivity contribution is 0.0490. The third-order valence-corrected chi connectivity index (χ3v) is 6.84. The fourth-order valence-electron chi connectivity index (χ4n) is 3.56. The molecule has 2 aliphatic carbocycles. The Labute approximate surface area is 204 Å². The molecule has 0 aromatic heterocycles. The summed E-state index contributed by atoms with van der Waals surface area (Å²) in [5.74, 6) is 1.13. The molecule has 0 atom stereocenters. The number of ether oxygens (including phenoxy) is 1. The van der Waals surface area contributed by atoms with E-state index in [0.29, 0.717) is 25.0 Å². The highest BCUT2D eigenvalue weighted by Crippen LogP contribution is 2.25. The summed E-state index contributed by atoms with van der Waals surface area (Å²) >= 11 is 0. The first kappa shape index (κ1) is 28.2. The van der Waals surface area contributed by atoms with Crippen LogP contribution < -0.4 is 20.7 Å². The largest absolute Gasteiger partial charge is 0.444 e. The van der Waals surface area contributed by atoms with E-state index in [1.807, 2.05) is 20.8 Å². The molecule has 2 saturated carbocycles. The number of halogens is 1. The van der Waals surface area contributed by atoms with E-state index in [-0.39, 0.29) is 47.9 Å². The molecule has 9 nitrogen and oxygen atoms in total. The maximum atomic E-state index is 12.1. The van der Waals surface area contributed by atoms with Gasteiger partial charge in [-0.05, 0) is 65.2 Å². The number of nitrogens with zero attached hydrogens (tertiary/aromatic N) is 1. The Morgan fingerprint density at radius 2 is 1.61 bits per heavy atom. The van der Waals surface area contributed by atoms with Crippen molar-refractivity contribution in [3.8, 4) is 0 Å². The molecule has 1 amide bonds. The Hall–Kier alpha value is -0.820. The van der Waals surface area contributed by atoms with Crippen molar-refractivity contribution >= 4 is 46.1 Å². The van der Waals surface area contributed by atoms with Crippen molar-refractivity contribution in [2.24, 2.45) is 10.9 Å². The number of alkyl carbamates (subject to hydrolysis) is 1. The van der Waals surface area contributed by atoms with Gasteiger partial charge in [-0.3, -0.25) is 4.99 Å². The molecule has 0 heterocycles. The van der Waals surface area contributed by atoms with E-state index in [1.165, 1.54) is 6.42 Å². The lowest BCUT2D eigenvalue weighted by atomic mass is 9.86. The number of carbonyl (C=O) groups is 1. The van der Waals surface area contributed by atoms with Crippen LogP contribution in [0.25, 0.3) is 0 Å². The zero-order chi connectivity index (χ0) is 22.2. The summed E-state index contributed by atoms with van der Waals surface area (Å²) in [6.07, 6.45) is 6.56. The van der Waals surface area contributed by atoms with Gasteiger partial charge < -0.3 is 20.7 Å². The predicted molar refractivity (Wildman–Crippen MR) is 134 cm³/mol. The van der Waals surface area contributed by atoms with Gasteiger partial charge in [-0.2, -0.15) is 0 Å². The second-order valence-electron chi connectivity index (χ2n) is 9.30. The van der Waals surface area contributed by atoms with E-state index in [4.69, 9.17) is 4.74 Å². The van der Waals surface area contributed by atoms with Crippen molar-refractivity contribution in [1.29, 1.82) is 0 Å². The van der Waals surface area contributed by atoms with Crippen molar-refractivity contribution in [2.75, 3.05) is 25.9 Å². The standard InChI is InChI=1S/C20H39N5O4S.HI/c1-20(2,3)29-19(26)25-17-10-8-16(9-11-17)24-18(21-4)22-12-13-30(27,28)23-14-15-6-5-7-15;/h15-17,23H,5-14H2,1-4H3,(H,25,26)(H2,21,22,24);1H. The van der Waals surface area contributed by atoms with E-state index >= 15 is 0 Å². The van der Waals surface area contributed by atoms with Crippen LogP contribution in [0.1, 0.15) is 65.7 Å². The first-order valence-electron chi connectivity index (χ1n) is 11.0. The number of hydrogen-bond donors (Lipinski definition) is 4. The summed E-state index contributed by atoms with van der Waals surface area (Å²) in [6, 6.07) is 0.348. The Morgan fingerprint density at radius 3 is 2.10 bits per heavy atom. The third-order valence-electron chi connectivity index (χ3n) is 5.49. The lowest BCUT2D eigenvalue weighted by Crippen LogP contribution is -2.49. The number of nitrogens with one attached hydrogen (secondary N) is 4. The Kier molecular flexibility index (Phi) is 11.9. The van der Waals surface area contributed by atoms with Crippen LogP contribution in [0.3, 0.4) is 0 Å². The number of rotatable bonds is 8. The molecule has 0 radical (unpaired) electrons. The molecular formula is C20H40IN5O4S. The van der Waals surface area contributed by atoms with Gasteiger partial charge in [0, 0.05) is 32.2 Å². The highest BCUT2D eigenvalue weighted by molar-refractivity contribution is 14.0. The average molecular weight is 574 g/mol. The molecule has 0 unspecified atom stereocenters. The molecule has 0 bridgehead atoms. The molecule has 0 spiro atoms. The number of hydrogen-bond acceptors (Lipinski definition) is 5. The molecule has 182 valence electrons. The molecule has 4 N–H and O–H groups in total. The summed E-state index contributed by atoms with van der Waals surface area (Å²) in [4.78, 5) is 16.1. The van der Waals surface area contributed by atoms with Gasteiger partial charge in [-0.25, -0.2) is 17.9 Å². The van der Waals surface area contributed by atoms with Crippen LogP contribution in [0.2, 0.25) is 0 Å². The van der Waals surface area contributed by atoms with Gasteiger partial charge in [0.05, 0.1) is 5.75 Å². The van der Waals surface area contributed by atoms with E-state index in [1.54, 1.807) is 7.05 Å². The monoisotopic (exact) mass is 573 g/mol. The lowest BCUT2D eigenvalue weighted by Gasteiger charge is -2.31. The topological polar surface area (TPSA) is 121 Å². The predicted octanol–water partition coefficient (Wildman–Crippen LogP) is 2.32. The Balaban J connectivity index is 0.00000480. The molecule has 2 rings (SSSR count). The summed E-state index contributed by atoms with van der Waals surface area (Å²) in [6.45, 7) is 6.40. The smallest absolute Gasteiger partial charge is 0.407 e. The maximum absolute atomic E-state index is 12.1. The summed E-state index contributed by atoms with van der Waals surface area (Å²) < 4.78 is 32.2. The first-order chi connectivity index (χ1) is 14.1. The molecule has 0 aromatic carbocycles. The van der Waals surface area contributed by atoms with Gasteiger partial charge >= 0.3 is 6.09 Å². The molecule has 0 aromatic rings. The molecule has 0 saturated heterocycles. The molecule has 11 heteroatoms. The quantitative estimate of drug-likeness (QED) is 0.201. The van der Waals surface area contributed by atoms with Crippen LogP contribution in [0.15, 0.2) is 4.99 Å². The molecule has 31 heavy (non-hydrogen) atoms. The average Bonchev–Trinajstić information content (AvgIpc) is 2.59. The molecule has 2 aliphatic rings. The van der Waals surface area contributed by atoms with E-state index < -0.39 is 15.6 Å². The number of sulfonamides is 1. The second kappa shape index (κ2) is 13.0. The van der Waals surface area contributed by atoms with Crippen molar-refractivity contribution in [2.45, 2.75) is 83.4 Å². The summed E-state index contributed by atoms with van der Waals surface area (Å²) in [7, 11) is -1.59. The van der Waals surface area contributed by atoms with Gasteiger partial charge in [-0.1, -0.05) is 6.42 Å². The fourth-order valence-corrected chi connectivity index (χ4v) is 4.57. The van der Waals surface area contributed by atoms with Crippen molar-refractivity contribution in [3.05, 3.63) is 0 Å². The number of aliphatic imine (C=N–C) groups is 1. The van der Waals surface area contributed by atoms with Crippen LogP contribution >= 0.6 is 24.0 Å². The number of amides is 1. The molecular weight excluding hydrogens is 533 g/mol. The zero-order valence-electron chi connectivity index (χ0n) is 19.2. The van der Waals surface area contributed by atoms with Crippen molar-refractivity contribution < 1.29 is 17.9 Å². The van der Waals surface area contributed by atoms with Gasteiger partial charge in [-0.15, -0.1) is 24.0 Å². The van der Waals surface area contributed by atoms with Gasteiger partial charge in [0.1, 0.15) is 5.60 Å². The molecule has 2 fully saturated rings. The first-order valence-corrected chi connectivity index (χ1v) is 12.7. The van der Waals surface area contributed by atoms with Crippen molar-refractivity contribution in [3.63, 3.8) is 0 Å². The van der Waals surface area contributed by atoms with E-state index in [2.05, 4.69) is 25.7 Å². The fraction of sp³-hybridized carbons (Fsp3) is 0.900. The summed E-state index contributed by atoms with van der Waals surface area (Å²) in [5, 5.41) is 9.37. The Bertz CT molecular complexity index is 684. The second-order valence-corrected chi connectivity index (χ2v) is 11.2. The van der Waals surface area contributed by atoms with Gasteiger partial charge in [0.2, 0.25) is 10.0 Å². The minimum Gasteiger partial charge on any atom is -0.444 e. The van der Waals surface area contributed by atoms with Crippen molar-refractivity contribution in [1.82, 2.24) is 20.7 Å². The highest BCUT2D eigenvalue weighted by Gasteiger charge is 2.25. The van der Waals surface area contributed by atoms with E-state index in [0.717, 1.165) is 38.5 Å². The molecule has 0 aliphatic heterocycles. The van der Waals surface area contributed by atoms with Crippen LogP contribution in [0.5, 0.6) is 0 Å². The van der Waals surface area contributed by atoms with Crippen LogP contribution in [-0.2, 0) is 14.8 Å². The minimum atomic E-state index is -3.27. The Morgan fingerprint density at radius 1 is 1.03 bits per heavy atom. The maximum Gasteiger partial charge on any atom is 0.407 e.